The molecule has 0 heterocycles. The van der Waals surface area contributed by atoms with Gasteiger partial charge in [0.25, 0.3) is 0 Å². The topological polar surface area (TPSA) is 84.9 Å². The van der Waals surface area contributed by atoms with Crippen LogP contribution in [-0.4, -0.2) is 51.1 Å². The minimum atomic E-state index is -0.718. The molecule has 7 nitrogen and oxygen atoms in total. The quantitative estimate of drug-likeness (QED) is 0.621. The fourth-order valence-corrected chi connectivity index (χ4v) is 1.70. The maximum Gasteiger partial charge on any atom is 0.354 e. The Morgan fingerprint density at radius 2 is 1.78 bits per heavy atom. The van der Waals surface area contributed by atoms with E-state index >= 15 is 0 Å². The lowest BCUT2D eigenvalue weighted by molar-refractivity contribution is -0.138. The molecule has 0 aliphatic heterocycles. The number of ether oxygens (including phenoxy) is 2. The minimum absolute atomic E-state index is 0.0795. The van der Waals surface area contributed by atoms with E-state index in [1.54, 1.807) is 38.4 Å². The zero-order valence-corrected chi connectivity index (χ0v) is 13.6. The van der Waals surface area contributed by atoms with Crippen molar-refractivity contribution >= 4 is 23.5 Å². The van der Waals surface area contributed by atoms with E-state index in [1.807, 2.05) is 0 Å². The first-order valence-corrected chi connectivity index (χ1v) is 6.82. The highest BCUT2D eigenvalue weighted by molar-refractivity contribution is 5.99. The van der Waals surface area contributed by atoms with Crippen molar-refractivity contribution in [3.8, 4) is 0 Å². The van der Waals surface area contributed by atoms with Crippen LogP contribution in [0.3, 0.4) is 0 Å². The highest BCUT2D eigenvalue weighted by atomic mass is 16.5. The van der Waals surface area contributed by atoms with E-state index in [4.69, 9.17) is 0 Å². The highest BCUT2D eigenvalue weighted by Gasteiger charge is 2.15. The Balaban J connectivity index is 3.09. The number of hydrogen-bond donors (Lipinski definition) is 1. The molecule has 0 saturated heterocycles. The number of nitrogens with one attached hydrogen (secondary N) is 1. The van der Waals surface area contributed by atoms with Crippen LogP contribution in [0.15, 0.2) is 36.0 Å². The van der Waals surface area contributed by atoms with Gasteiger partial charge in [0.15, 0.2) is 0 Å². The number of rotatable bonds is 6. The molecular formula is C16H20N2O5. The van der Waals surface area contributed by atoms with E-state index in [0.717, 1.165) is 6.08 Å². The molecule has 0 radical (unpaired) electrons. The Hall–Kier alpha value is -2.83. The summed E-state index contributed by atoms with van der Waals surface area (Å²) < 4.78 is 9.15. The molecule has 7 heteroatoms. The summed E-state index contributed by atoms with van der Waals surface area (Å²) in [7, 11) is 5.73. The zero-order valence-electron chi connectivity index (χ0n) is 13.6. The van der Waals surface area contributed by atoms with Crippen LogP contribution in [0.25, 0.3) is 0 Å². The predicted octanol–water partition coefficient (Wildman–Crippen LogP) is 0.959. The Morgan fingerprint density at radius 1 is 1.13 bits per heavy atom. The number of amides is 1. The van der Waals surface area contributed by atoms with Crippen molar-refractivity contribution in [3.05, 3.63) is 41.6 Å². The number of esters is 2. The molecule has 23 heavy (non-hydrogen) atoms. The number of nitrogens with zero attached hydrogens (tertiary/aromatic N) is 1. The van der Waals surface area contributed by atoms with Crippen molar-refractivity contribution in [2.24, 2.45) is 0 Å². The fraction of sp³-hybridized carbons (Fsp3) is 0.312. The monoisotopic (exact) mass is 320 g/mol. The normalized spacial score (nSPS) is 10.7. The van der Waals surface area contributed by atoms with Gasteiger partial charge in [0, 0.05) is 19.8 Å². The smallest absolute Gasteiger partial charge is 0.354 e. The average molecular weight is 320 g/mol. The number of benzene rings is 1. The van der Waals surface area contributed by atoms with Gasteiger partial charge in [0.1, 0.15) is 5.70 Å². The van der Waals surface area contributed by atoms with E-state index in [1.165, 1.54) is 19.1 Å². The van der Waals surface area contributed by atoms with Crippen LogP contribution < -0.4 is 5.32 Å². The molecular weight excluding hydrogens is 300 g/mol. The molecule has 124 valence electrons. The number of hydrogen-bond acceptors (Lipinski definition) is 6. The second kappa shape index (κ2) is 8.57. The first-order chi connectivity index (χ1) is 10.9. The van der Waals surface area contributed by atoms with Crippen LogP contribution in [0.2, 0.25) is 0 Å². The van der Waals surface area contributed by atoms with Gasteiger partial charge in [-0.25, -0.2) is 9.59 Å². The third kappa shape index (κ3) is 5.46. The van der Waals surface area contributed by atoms with Crippen LogP contribution in [-0.2, 0) is 30.3 Å². The van der Waals surface area contributed by atoms with Crippen molar-refractivity contribution in [1.29, 1.82) is 0 Å². The van der Waals surface area contributed by atoms with E-state index in [0.29, 0.717) is 11.3 Å². The maximum absolute atomic E-state index is 11.9. The van der Waals surface area contributed by atoms with Gasteiger partial charge in [-0.3, -0.25) is 4.79 Å². The van der Waals surface area contributed by atoms with Gasteiger partial charge in [-0.1, -0.05) is 18.2 Å². The molecule has 1 amide bonds. The summed E-state index contributed by atoms with van der Waals surface area (Å²) in [5.41, 5.74) is 1.14. The standard InChI is InChI=1S/C16H20N2O5/c1-18(2)14(19)9-11-7-5-6-8-12(11)17-13(16(21)23-4)10-15(20)22-3/h5-8,10,17H,9H2,1-4H3/b13-10+. The Morgan fingerprint density at radius 3 is 2.35 bits per heavy atom. The van der Waals surface area contributed by atoms with E-state index < -0.39 is 11.9 Å². The number of carbonyl (C=O) groups excluding carboxylic acids is 3. The van der Waals surface area contributed by atoms with Crippen molar-refractivity contribution < 1.29 is 23.9 Å². The summed E-state index contributed by atoms with van der Waals surface area (Å²) in [5.74, 6) is -1.50. The lowest BCUT2D eigenvalue weighted by Crippen LogP contribution is -2.24. The summed E-state index contributed by atoms with van der Waals surface area (Å²) in [6.07, 6.45) is 1.15. The molecule has 0 bridgehead atoms. The fourth-order valence-electron chi connectivity index (χ4n) is 1.70. The van der Waals surface area contributed by atoms with Crippen molar-refractivity contribution in [1.82, 2.24) is 4.90 Å². The summed E-state index contributed by atoms with van der Waals surface area (Å²) in [4.78, 5) is 36.5. The predicted molar refractivity (Wildman–Crippen MR) is 84.6 cm³/mol. The maximum atomic E-state index is 11.9. The van der Waals surface area contributed by atoms with Gasteiger partial charge in [-0.2, -0.15) is 0 Å². The molecule has 1 aromatic carbocycles. The minimum Gasteiger partial charge on any atom is -0.466 e. The molecule has 1 rings (SSSR count). The van der Waals surface area contributed by atoms with Crippen LogP contribution in [0.1, 0.15) is 5.56 Å². The summed E-state index contributed by atoms with van der Waals surface area (Å²) in [6, 6.07) is 6.99. The van der Waals surface area contributed by atoms with Gasteiger partial charge in [-0.05, 0) is 11.6 Å². The van der Waals surface area contributed by atoms with E-state index in [2.05, 4.69) is 14.8 Å². The van der Waals surface area contributed by atoms with Crippen LogP contribution in [0.5, 0.6) is 0 Å². The average Bonchev–Trinajstić information content (AvgIpc) is 2.54. The van der Waals surface area contributed by atoms with Crippen molar-refractivity contribution in [2.45, 2.75) is 6.42 Å². The first kappa shape index (κ1) is 18.2. The van der Waals surface area contributed by atoms with Crippen molar-refractivity contribution in [3.63, 3.8) is 0 Å². The number of anilines is 1. The highest BCUT2D eigenvalue weighted by Crippen LogP contribution is 2.19. The van der Waals surface area contributed by atoms with Crippen molar-refractivity contribution in [2.75, 3.05) is 33.6 Å². The number of carbonyl (C=O) groups is 3. The molecule has 0 aliphatic carbocycles. The summed E-state index contributed by atoms with van der Waals surface area (Å²) in [6.45, 7) is 0. The lowest BCUT2D eigenvalue weighted by Gasteiger charge is -2.15. The van der Waals surface area contributed by atoms with E-state index in [9.17, 15) is 14.4 Å². The van der Waals surface area contributed by atoms with Gasteiger partial charge >= 0.3 is 11.9 Å². The molecule has 0 unspecified atom stereocenters. The van der Waals surface area contributed by atoms with Gasteiger partial charge in [-0.15, -0.1) is 0 Å². The van der Waals surface area contributed by atoms with Crippen LogP contribution in [0.4, 0.5) is 5.69 Å². The number of likely N-dealkylation sites (N-methyl/N-ethyl adjacent to an activating group) is 1. The lowest BCUT2D eigenvalue weighted by atomic mass is 10.1. The van der Waals surface area contributed by atoms with Gasteiger partial charge in [0.05, 0.1) is 26.7 Å². The molecule has 0 aliphatic rings. The molecule has 0 atom stereocenters. The Bertz CT molecular complexity index is 623. The SMILES string of the molecule is COC(=O)/C=C(/Nc1ccccc1CC(=O)N(C)C)C(=O)OC. The molecule has 0 saturated carbocycles. The third-order valence-electron chi connectivity index (χ3n) is 3.00. The third-order valence-corrected chi connectivity index (χ3v) is 3.00. The Kier molecular flexibility index (Phi) is 6.79. The van der Waals surface area contributed by atoms with Crippen LogP contribution >= 0.6 is 0 Å². The number of para-hydroxylation sites is 1. The molecule has 0 spiro atoms. The van der Waals surface area contributed by atoms with E-state index in [-0.39, 0.29) is 18.0 Å². The molecule has 0 fully saturated rings. The number of methoxy groups -OCH3 is 2. The summed E-state index contributed by atoms with van der Waals surface area (Å²) in [5, 5.41) is 2.82. The van der Waals surface area contributed by atoms with Gasteiger partial charge < -0.3 is 19.7 Å². The van der Waals surface area contributed by atoms with Crippen LogP contribution in [0, 0.1) is 0 Å². The summed E-state index contributed by atoms with van der Waals surface area (Å²) >= 11 is 0. The Labute approximate surface area is 134 Å². The van der Waals surface area contributed by atoms with Gasteiger partial charge in [0.2, 0.25) is 5.91 Å². The second-order valence-corrected chi connectivity index (χ2v) is 4.82. The zero-order chi connectivity index (χ0) is 17.4. The molecule has 0 aromatic heterocycles. The molecule has 1 aromatic rings. The molecule has 1 N–H and O–H groups in total. The second-order valence-electron chi connectivity index (χ2n) is 4.82. The largest absolute Gasteiger partial charge is 0.466 e. The first-order valence-electron chi connectivity index (χ1n) is 6.82.